The zero-order valence-electron chi connectivity index (χ0n) is 27.1. The number of carbonyl (C=O) groups is 2. The normalized spacial score (nSPS) is 17.4. The van der Waals surface area contributed by atoms with Crippen molar-refractivity contribution in [1.82, 2.24) is 15.2 Å². The number of fused-ring (bicyclic) bond motifs is 2. The van der Waals surface area contributed by atoms with Gasteiger partial charge in [-0.05, 0) is 76.0 Å². The molecule has 0 radical (unpaired) electrons. The molecule has 1 aliphatic rings. The average Bonchev–Trinajstić information content (AvgIpc) is 3.55. The van der Waals surface area contributed by atoms with Crippen LogP contribution in [0.1, 0.15) is 28.0 Å². The van der Waals surface area contributed by atoms with Crippen LogP contribution < -0.4 is 20.4 Å². The third kappa shape index (κ3) is 7.40. The quantitative estimate of drug-likeness (QED) is 0.0933. The molecule has 260 valence electrons. The minimum atomic E-state index is -1.37. The van der Waals surface area contributed by atoms with Crippen molar-refractivity contribution in [2.75, 3.05) is 26.8 Å². The number of aromatic nitrogens is 1. The molecule has 0 aliphatic heterocycles. The summed E-state index contributed by atoms with van der Waals surface area (Å²) < 4.78 is 18.0. The number of methoxy groups -OCH3 is 1. The van der Waals surface area contributed by atoms with E-state index in [1.165, 1.54) is 24.2 Å². The Morgan fingerprint density at radius 1 is 1.06 bits per heavy atom. The fourth-order valence-electron chi connectivity index (χ4n) is 6.19. The van der Waals surface area contributed by atoms with Crippen LogP contribution in [0.15, 0.2) is 93.7 Å². The first-order valence-electron chi connectivity index (χ1n) is 16.0. The van der Waals surface area contributed by atoms with Gasteiger partial charge in [0.15, 0.2) is 11.5 Å². The molecule has 6 rings (SSSR count). The minimum absolute atomic E-state index is 0.00950. The molecular weight excluding hydrogens is 757 g/mol. The fourth-order valence-corrected chi connectivity index (χ4v) is 6.98. The lowest BCUT2D eigenvalue weighted by molar-refractivity contribution is -0.118. The van der Waals surface area contributed by atoms with E-state index in [2.05, 4.69) is 10.3 Å². The molecule has 1 aliphatic carbocycles. The Bertz CT molecular complexity index is 2090. The smallest absolute Gasteiger partial charge is 0.349 e. The van der Waals surface area contributed by atoms with Crippen molar-refractivity contribution in [3.8, 4) is 11.5 Å². The van der Waals surface area contributed by atoms with Gasteiger partial charge in [-0.2, -0.15) is 0 Å². The van der Waals surface area contributed by atoms with Gasteiger partial charge in [-0.15, -0.1) is 0 Å². The summed E-state index contributed by atoms with van der Waals surface area (Å²) in [5.41, 5.74) is 1.82. The second-order valence-corrected chi connectivity index (χ2v) is 13.1. The number of para-hydroxylation sites is 2. The number of aromatic amines is 1. The van der Waals surface area contributed by atoms with E-state index >= 15 is 0 Å². The molecule has 5 aromatic rings. The van der Waals surface area contributed by atoms with Crippen LogP contribution in [-0.2, 0) is 17.8 Å². The molecule has 0 unspecified atom stereocenters. The molecule has 5 N–H and O–H groups in total. The van der Waals surface area contributed by atoms with E-state index in [9.17, 15) is 29.7 Å². The first kappa shape index (κ1) is 35.1. The van der Waals surface area contributed by atoms with E-state index in [1.807, 2.05) is 52.9 Å². The number of ether oxygens (including phenoxy) is 2. The third-order valence-corrected chi connectivity index (χ3v) is 9.48. The first-order valence-corrected chi connectivity index (χ1v) is 17.1. The fraction of sp³-hybridized carbons (Fsp3) is 0.270. The monoisotopic (exact) mass is 793 g/mol. The number of hydrogen-bond donors (Lipinski definition) is 5. The van der Waals surface area contributed by atoms with Gasteiger partial charge in [-0.3, -0.25) is 9.59 Å². The number of aliphatic hydroxyl groups is 3. The summed E-state index contributed by atoms with van der Waals surface area (Å²) in [6, 6.07) is 20.3. The van der Waals surface area contributed by atoms with Crippen molar-refractivity contribution >= 4 is 56.3 Å². The lowest BCUT2D eigenvalue weighted by atomic mass is 9.87. The zero-order chi connectivity index (χ0) is 35.4. The Labute approximate surface area is 300 Å². The van der Waals surface area contributed by atoms with Crippen LogP contribution in [0.2, 0.25) is 0 Å². The maximum absolute atomic E-state index is 14.5. The van der Waals surface area contributed by atoms with Gasteiger partial charge < -0.3 is 44.4 Å². The number of amides is 2. The van der Waals surface area contributed by atoms with Crippen LogP contribution in [0.5, 0.6) is 11.5 Å². The van der Waals surface area contributed by atoms with E-state index in [1.54, 1.807) is 36.4 Å². The van der Waals surface area contributed by atoms with E-state index in [0.29, 0.717) is 32.3 Å². The number of hydrogen-bond acceptors (Lipinski definition) is 9. The number of H-pyrrole nitrogens is 1. The number of nitrogens with one attached hydrogen (secondary N) is 2. The van der Waals surface area contributed by atoms with Crippen LogP contribution in [0, 0.1) is 3.57 Å². The Morgan fingerprint density at radius 2 is 1.82 bits per heavy atom. The lowest BCUT2D eigenvalue weighted by Gasteiger charge is -2.40. The van der Waals surface area contributed by atoms with Crippen LogP contribution >= 0.6 is 22.6 Å². The molecule has 0 bridgehead atoms. The zero-order valence-corrected chi connectivity index (χ0v) is 29.3. The summed E-state index contributed by atoms with van der Waals surface area (Å²) in [7, 11) is 1.45. The first-order chi connectivity index (χ1) is 24.2. The van der Waals surface area contributed by atoms with Crippen molar-refractivity contribution in [1.29, 1.82) is 0 Å². The summed E-state index contributed by atoms with van der Waals surface area (Å²) >= 11 is 2.03. The average molecular weight is 794 g/mol. The predicted molar refractivity (Wildman–Crippen MR) is 194 cm³/mol. The number of aliphatic hydroxyl groups excluding tert-OH is 3. The number of benzene rings is 3. The van der Waals surface area contributed by atoms with Crippen molar-refractivity contribution in [3.05, 3.63) is 115 Å². The number of nitrogens with zero attached hydrogens (tertiary/aromatic N) is 1. The second-order valence-electron chi connectivity index (χ2n) is 11.9. The summed E-state index contributed by atoms with van der Waals surface area (Å²) in [5.74, 6) is -0.613. The number of rotatable bonds is 12. The van der Waals surface area contributed by atoms with Crippen LogP contribution in [0.3, 0.4) is 0 Å². The van der Waals surface area contributed by atoms with Crippen LogP contribution in [-0.4, -0.2) is 82.1 Å². The van der Waals surface area contributed by atoms with Crippen LogP contribution in [0.4, 0.5) is 0 Å². The highest BCUT2D eigenvalue weighted by Gasteiger charge is 2.41. The van der Waals surface area contributed by atoms with Crippen molar-refractivity contribution in [2.24, 2.45) is 0 Å². The van der Waals surface area contributed by atoms with Gasteiger partial charge in [0.1, 0.15) is 23.4 Å². The van der Waals surface area contributed by atoms with Gasteiger partial charge >= 0.3 is 5.63 Å². The molecule has 2 amide bonds. The van der Waals surface area contributed by atoms with Gasteiger partial charge in [0.05, 0.1) is 29.9 Å². The van der Waals surface area contributed by atoms with Gasteiger partial charge in [0.2, 0.25) is 5.91 Å². The topological polar surface area (TPSA) is 175 Å². The molecule has 3 aromatic carbocycles. The maximum Gasteiger partial charge on any atom is 0.349 e. The van der Waals surface area contributed by atoms with Gasteiger partial charge in [0, 0.05) is 48.1 Å². The number of carbonyl (C=O) groups excluding carboxylic acids is 2. The predicted octanol–water partition coefficient (Wildman–Crippen LogP) is 3.68. The van der Waals surface area contributed by atoms with E-state index in [4.69, 9.17) is 13.9 Å². The van der Waals surface area contributed by atoms with E-state index in [-0.39, 0.29) is 49.6 Å². The molecular formula is C37H36IN3O9. The van der Waals surface area contributed by atoms with Crippen molar-refractivity contribution in [3.63, 3.8) is 0 Å². The minimum Gasteiger partial charge on any atom is -0.493 e. The SMILES string of the molecule is COc1cc(CO)cc(I)c1O[C@H]1C=C(C(=O)NCCO)C[C@@H](N(CCc2cc3ccccc3[nH]2)C(=O)c2cc3ccccc3oc2=O)[C@@H]1O. The molecule has 50 heavy (non-hydrogen) atoms. The van der Waals surface area contributed by atoms with Crippen LogP contribution in [0.25, 0.3) is 21.9 Å². The van der Waals surface area contributed by atoms with E-state index < -0.39 is 35.7 Å². The highest BCUT2D eigenvalue weighted by atomic mass is 127. The standard InChI is InChI=1S/C37H36IN3O9/c1-48-32-15-21(20-43)14-27(38)34(32)49-31-19-24(35(45)39-11-13-42)18-29(33(31)44)41(12-10-25-16-22-6-2-4-8-28(22)40-25)36(46)26-17-23-7-3-5-9-30(23)50-37(26)47/h2-9,14-17,19,29,31,33,40,42-44H,10-13,18,20H2,1H3,(H,39,45)/t29-,31+,33+/m1/s1. The highest BCUT2D eigenvalue weighted by molar-refractivity contribution is 14.1. The van der Waals surface area contributed by atoms with Gasteiger partial charge in [-0.25, -0.2) is 4.79 Å². The summed E-state index contributed by atoms with van der Waals surface area (Å²) in [6.45, 7) is -0.467. The second kappa shape index (κ2) is 15.5. The molecule has 12 nitrogen and oxygen atoms in total. The molecule has 3 atom stereocenters. The Balaban J connectivity index is 1.41. The molecule has 0 saturated heterocycles. The molecule has 2 heterocycles. The summed E-state index contributed by atoms with van der Waals surface area (Å²) in [6.07, 6.45) is -0.774. The molecule has 0 fully saturated rings. The summed E-state index contributed by atoms with van der Waals surface area (Å²) in [5, 5.41) is 35.3. The lowest BCUT2D eigenvalue weighted by Crippen LogP contribution is -2.56. The number of halogens is 1. The molecule has 0 saturated carbocycles. The Kier molecular flexibility index (Phi) is 10.9. The van der Waals surface area contributed by atoms with Gasteiger partial charge in [0.25, 0.3) is 5.91 Å². The molecule has 0 spiro atoms. The Hall–Kier alpha value is -4.70. The van der Waals surface area contributed by atoms with Crippen molar-refractivity contribution in [2.45, 2.75) is 37.7 Å². The van der Waals surface area contributed by atoms with Crippen molar-refractivity contribution < 1.29 is 38.8 Å². The molecule has 13 heteroatoms. The third-order valence-electron chi connectivity index (χ3n) is 8.68. The van der Waals surface area contributed by atoms with E-state index in [0.717, 1.165) is 16.6 Å². The Morgan fingerprint density at radius 3 is 2.56 bits per heavy atom. The maximum atomic E-state index is 14.5. The summed E-state index contributed by atoms with van der Waals surface area (Å²) in [4.78, 5) is 45.9. The highest BCUT2D eigenvalue weighted by Crippen LogP contribution is 2.37. The largest absolute Gasteiger partial charge is 0.493 e. The molecule has 2 aromatic heterocycles. The van der Waals surface area contributed by atoms with Gasteiger partial charge in [-0.1, -0.05) is 36.4 Å².